The maximum Gasteiger partial charge on any atom is 0.250 e. The number of benzene rings is 2. The van der Waals surface area contributed by atoms with Gasteiger partial charge in [-0.05, 0) is 41.3 Å². The van der Waals surface area contributed by atoms with Crippen LogP contribution in [0.5, 0.6) is 5.75 Å². The predicted octanol–water partition coefficient (Wildman–Crippen LogP) is 3.45. The number of hydrogen-bond acceptors (Lipinski definition) is 3. The van der Waals surface area contributed by atoms with Gasteiger partial charge in [-0.1, -0.05) is 36.4 Å². The first kappa shape index (κ1) is 16.9. The van der Waals surface area contributed by atoms with Crippen LogP contribution in [0.4, 0.5) is 0 Å². The summed E-state index contributed by atoms with van der Waals surface area (Å²) in [5.41, 5.74) is 5.45. The highest BCUT2D eigenvalue weighted by atomic mass is 16.5. The molecule has 26 heavy (non-hydrogen) atoms. The quantitative estimate of drug-likeness (QED) is 0.849. The Bertz CT molecular complexity index is 836. The van der Waals surface area contributed by atoms with Crippen molar-refractivity contribution < 1.29 is 14.3 Å². The summed E-state index contributed by atoms with van der Waals surface area (Å²) in [5, 5.41) is 0. The van der Waals surface area contributed by atoms with Gasteiger partial charge in [0.15, 0.2) is 0 Å². The molecule has 134 valence electrons. The average Bonchev–Trinajstić information content (AvgIpc) is 3.03. The Morgan fingerprint density at radius 3 is 2.65 bits per heavy atom. The van der Waals surface area contributed by atoms with Crippen molar-refractivity contribution in [2.24, 2.45) is 0 Å². The van der Waals surface area contributed by atoms with E-state index in [-0.39, 0.29) is 5.91 Å². The minimum atomic E-state index is 0.147. The lowest BCUT2D eigenvalue weighted by atomic mass is 10.1. The SMILES string of the molecule is CC1=C(C(=O)N2CCOCC2)Cc2ccc(OCc3ccccc3)cc21. The van der Waals surface area contributed by atoms with E-state index in [9.17, 15) is 4.79 Å². The lowest BCUT2D eigenvalue weighted by molar-refractivity contribution is -0.131. The monoisotopic (exact) mass is 349 g/mol. The van der Waals surface area contributed by atoms with Crippen molar-refractivity contribution in [1.82, 2.24) is 4.90 Å². The lowest BCUT2D eigenvalue weighted by Crippen LogP contribution is -2.41. The Balaban J connectivity index is 1.50. The number of morpholine rings is 1. The molecule has 1 saturated heterocycles. The molecule has 2 aliphatic rings. The normalized spacial score (nSPS) is 16.6. The molecule has 1 heterocycles. The van der Waals surface area contributed by atoms with Gasteiger partial charge in [-0.15, -0.1) is 0 Å². The van der Waals surface area contributed by atoms with Crippen molar-refractivity contribution in [3.8, 4) is 5.75 Å². The second-order valence-corrected chi connectivity index (χ2v) is 6.78. The van der Waals surface area contributed by atoms with Gasteiger partial charge in [0.05, 0.1) is 13.2 Å². The molecular formula is C22H23NO3. The van der Waals surface area contributed by atoms with Crippen LogP contribution in [0.15, 0.2) is 54.1 Å². The zero-order chi connectivity index (χ0) is 17.9. The molecule has 2 aromatic carbocycles. The van der Waals surface area contributed by atoms with Crippen LogP contribution in [0, 0.1) is 0 Å². The molecule has 0 radical (unpaired) electrons. The fourth-order valence-corrected chi connectivity index (χ4v) is 3.57. The van der Waals surface area contributed by atoms with E-state index >= 15 is 0 Å². The number of carbonyl (C=O) groups excluding carboxylic acids is 1. The fourth-order valence-electron chi connectivity index (χ4n) is 3.57. The minimum Gasteiger partial charge on any atom is -0.489 e. The molecule has 0 bridgehead atoms. The Morgan fingerprint density at radius 1 is 1.12 bits per heavy atom. The molecule has 0 saturated carbocycles. The highest BCUT2D eigenvalue weighted by Crippen LogP contribution is 2.36. The summed E-state index contributed by atoms with van der Waals surface area (Å²) in [5.74, 6) is 0.987. The maximum absolute atomic E-state index is 12.9. The first-order valence-corrected chi connectivity index (χ1v) is 9.09. The first-order valence-electron chi connectivity index (χ1n) is 9.09. The Kier molecular flexibility index (Phi) is 4.76. The molecule has 2 aromatic rings. The van der Waals surface area contributed by atoms with E-state index in [1.54, 1.807) is 0 Å². The Hall–Kier alpha value is -2.59. The summed E-state index contributed by atoms with van der Waals surface area (Å²) in [6, 6.07) is 16.3. The van der Waals surface area contributed by atoms with Crippen LogP contribution in [-0.2, 0) is 22.6 Å². The molecule has 0 spiro atoms. The van der Waals surface area contributed by atoms with Gasteiger partial charge in [0.1, 0.15) is 12.4 Å². The fraction of sp³-hybridized carbons (Fsp3) is 0.318. The molecule has 4 rings (SSSR count). The number of nitrogens with zero attached hydrogens (tertiary/aromatic N) is 1. The molecule has 0 atom stereocenters. The topological polar surface area (TPSA) is 38.8 Å². The van der Waals surface area contributed by atoms with E-state index < -0.39 is 0 Å². The van der Waals surface area contributed by atoms with Crippen LogP contribution in [0.25, 0.3) is 5.57 Å². The van der Waals surface area contributed by atoms with Gasteiger partial charge in [0.2, 0.25) is 0 Å². The van der Waals surface area contributed by atoms with E-state index in [4.69, 9.17) is 9.47 Å². The van der Waals surface area contributed by atoms with Gasteiger partial charge in [-0.25, -0.2) is 0 Å². The molecule has 0 unspecified atom stereocenters. The second-order valence-electron chi connectivity index (χ2n) is 6.78. The van der Waals surface area contributed by atoms with Crippen LogP contribution in [0.2, 0.25) is 0 Å². The third kappa shape index (κ3) is 3.37. The average molecular weight is 349 g/mol. The van der Waals surface area contributed by atoms with Crippen molar-refractivity contribution in [2.75, 3.05) is 26.3 Å². The van der Waals surface area contributed by atoms with Crippen LogP contribution in [0.1, 0.15) is 23.6 Å². The molecule has 1 aliphatic carbocycles. The molecule has 1 amide bonds. The number of ether oxygens (including phenoxy) is 2. The molecule has 1 fully saturated rings. The van der Waals surface area contributed by atoms with Crippen LogP contribution in [0.3, 0.4) is 0 Å². The first-order chi connectivity index (χ1) is 12.7. The minimum absolute atomic E-state index is 0.147. The zero-order valence-electron chi connectivity index (χ0n) is 15.0. The van der Waals surface area contributed by atoms with Crippen molar-refractivity contribution in [1.29, 1.82) is 0 Å². The summed E-state index contributed by atoms with van der Waals surface area (Å²) < 4.78 is 11.3. The highest BCUT2D eigenvalue weighted by molar-refractivity contribution is 6.03. The molecule has 0 aromatic heterocycles. The Labute approximate surface area is 154 Å². The van der Waals surface area contributed by atoms with Gasteiger partial charge in [0, 0.05) is 25.1 Å². The van der Waals surface area contributed by atoms with Crippen LogP contribution >= 0.6 is 0 Å². The van der Waals surface area contributed by atoms with Crippen molar-refractivity contribution in [2.45, 2.75) is 20.0 Å². The van der Waals surface area contributed by atoms with E-state index in [1.165, 1.54) is 5.56 Å². The maximum atomic E-state index is 12.9. The zero-order valence-corrected chi connectivity index (χ0v) is 15.0. The summed E-state index contributed by atoms with van der Waals surface area (Å²) in [6.07, 6.45) is 0.705. The second kappa shape index (κ2) is 7.34. The van der Waals surface area contributed by atoms with Crippen molar-refractivity contribution in [3.05, 3.63) is 70.8 Å². The smallest absolute Gasteiger partial charge is 0.250 e. The Morgan fingerprint density at radius 2 is 1.88 bits per heavy atom. The van der Waals surface area contributed by atoms with E-state index in [0.29, 0.717) is 39.3 Å². The summed E-state index contributed by atoms with van der Waals surface area (Å²) in [6.45, 7) is 5.20. The van der Waals surface area contributed by atoms with E-state index in [1.807, 2.05) is 36.1 Å². The highest BCUT2D eigenvalue weighted by Gasteiger charge is 2.28. The van der Waals surface area contributed by atoms with Gasteiger partial charge in [0.25, 0.3) is 5.91 Å². The third-order valence-electron chi connectivity index (χ3n) is 5.11. The number of allylic oxidation sites excluding steroid dienone is 1. The molecule has 1 aliphatic heterocycles. The number of carbonyl (C=O) groups is 1. The van der Waals surface area contributed by atoms with Crippen LogP contribution in [-0.4, -0.2) is 37.1 Å². The predicted molar refractivity (Wildman–Crippen MR) is 101 cm³/mol. The molecular weight excluding hydrogens is 326 g/mol. The van der Waals surface area contributed by atoms with Gasteiger partial charge >= 0.3 is 0 Å². The summed E-state index contributed by atoms with van der Waals surface area (Å²) in [7, 11) is 0. The number of amides is 1. The molecule has 4 heteroatoms. The van der Waals surface area contributed by atoms with E-state index in [2.05, 4.69) is 24.3 Å². The summed E-state index contributed by atoms with van der Waals surface area (Å²) in [4.78, 5) is 14.8. The third-order valence-corrected chi connectivity index (χ3v) is 5.11. The van der Waals surface area contributed by atoms with Gasteiger partial charge in [-0.3, -0.25) is 4.79 Å². The van der Waals surface area contributed by atoms with E-state index in [0.717, 1.165) is 28.0 Å². The van der Waals surface area contributed by atoms with Crippen LogP contribution < -0.4 is 4.74 Å². The molecule has 4 nitrogen and oxygen atoms in total. The number of rotatable bonds is 4. The lowest BCUT2D eigenvalue weighted by Gasteiger charge is -2.27. The standard InChI is InChI=1S/C22H23NO3/c1-16-20-14-19(26-15-17-5-3-2-4-6-17)8-7-18(20)13-21(16)22(24)23-9-11-25-12-10-23/h2-8,14H,9-13,15H2,1H3. The summed E-state index contributed by atoms with van der Waals surface area (Å²) >= 11 is 0. The van der Waals surface area contributed by atoms with Gasteiger partial charge < -0.3 is 14.4 Å². The number of fused-ring (bicyclic) bond motifs is 1. The van der Waals surface area contributed by atoms with Crippen molar-refractivity contribution in [3.63, 3.8) is 0 Å². The molecule has 0 N–H and O–H groups in total. The largest absolute Gasteiger partial charge is 0.489 e. The number of hydrogen-bond donors (Lipinski definition) is 0. The van der Waals surface area contributed by atoms with Gasteiger partial charge in [-0.2, -0.15) is 0 Å². The van der Waals surface area contributed by atoms with Crippen molar-refractivity contribution >= 4 is 11.5 Å².